The van der Waals surface area contributed by atoms with E-state index in [1.807, 2.05) is 42.2 Å². The molecule has 0 bridgehead atoms. The molecule has 2 aliphatic heterocycles. The molecular formula is C28H34N6O2. The molecule has 0 radical (unpaired) electrons. The van der Waals surface area contributed by atoms with Crippen molar-refractivity contribution >= 4 is 40.2 Å². The van der Waals surface area contributed by atoms with Gasteiger partial charge in [-0.25, -0.2) is 4.98 Å². The van der Waals surface area contributed by atoms with E-state index in [1.165, 1.54) is 6.08 Å². The highest BCUT2D eigenvalue weighted by Crippen LogP contribution is 2.42. The fraction of sp³-hybridized carbons (Fsp3) is 0.393. The number of hydrogen-bond donors (Lipinski definition) is 1. The molecule has 188 valence electrons. The summed E-state index contributed by atoms with van der Waals surface area (Å²) in [6.45, 7) is 8.76. The predicted molar refractivity (Wildman–Crippen MR) is 145 cm³/mol. The minimum atomic E-state index is -0.192. The number of anilines is 3. The SMILES string of the molecule is C=CC(=O)N1CCCC[C@@H](n2c(NC(=O)c3cccc(C)c3)nc3ccc4c(c32)N(C)CCN4C)C1. The largest absolute Gasteiger partial charge is 0.371 e. The number of rotatable bonds is 4. The van der Waals surface area contributed by atoms with Crippen LogP contribution < -0.4 is 15.1 Å². The van der Waals surface area contributed by atoms with Gasteiger partial charge in [0.2, 0.25) is 11.9 Å². The molecule has 1 N–H and O–H groups in total. The second-order valence-electron chi connectivity index (χ2n) is 9.91. The fourth-order valence-corrected chi connectivity index (χ4v) is 5.44. The van der Waals surface area contributed by atoms with Gasteiger partial charge < -0.3 is 19.3 Å². The van der Waals surface area contributed by atoms with Crippen molar-refractivity contribution in [2.75, 3.05) is 55.4 Å². The first-order chi connectivity index (χ1) is 17.4. The summed E-state index contributed by atoms with van der Waals surface area (Å²) >= 11 is 0. The number of amides is 2. The lowest BCUT2D eigenvalue weighted by Gasteiger charge is -2.36. The molecule has 1 aromatic heterocycles. The molecule has 8 heteroatoms. The van der Waals surface area contributed by atoms with Crippen molar-refractivity contribution in [2.45, 2.75) is 32.2 Å². The lowest BCUT2D eigenvalue weighted by Crippen LogP contribution is -2.37. The van der Waals surface area contributed by atoms with Crippen LogP contribution in [0.2, 0.25) is 0 Å². The summed E-state index contributed by atoms with van der Waals surface area (Å²) < 4.78 is 2.17. The van der Waals surface area contributed by atoms with Crippen LogP contribution in [-0.4, -0.2) is 66.5 Å². The van der Waals surface area contributed by atoms with E-state index in [2.05, 4.69) is 46.4 Å². The van der Waals surface area contributed by atoms with Gasteiger partial charge in [0.25, 0.3) is 5.91 Å². The molecule has 3 heterocycles. The van der Waals surface area contributed by atoms with Crippen molar-refractivity contribution in [2.24, 2.45) is 0 Å². The zero-order valence-corrected chi connectivity index (χ0v) is 21.3. The van der Waals surface area contributed by atoms with E-state index >= 15 is 0 Å². The summed E-state index contributed by atoms with van der Waals surface area (Å²) in [6.07, 6.45) is 4.21. The number of imidazole rings is 1. The van der Waals surface area contributed by atoms with E-state index in [4.69, 9.17) is 4.98 Å². The third-order valence-corrected chi connectivity index (χ3v) is 7.37. The van der Waals surface area contributed by atoms with E-state index in [9.17, 15) is 9.59 Å². The van der Waals surface area contributed by atoms with Gasteiger partial charge in [-0.2, -0.15) is 0 Å². The number of likely N-dealkylation sites (tertiary alicyclic amines) is 1. The molecule has 0 unspecified atom stereocenters. The molecule has 2 aliphatic rings. The second-order valence-corrected chi connectivity index (χ2v) is 9.91. The van der Waals surface area contributed by atoms with Crippen LogP contribution in [0.3, 0.4) is 0 Å². The fourth-order valence-electron chi connectivity index (χ4n) is 5.44. The highest BCUT2D eigenvalue weighted by atomic mass is 16.2. The molecule has 1 atom stereocenters. The van der Waals surface area contributed by atoms with E-state index in [0.29, 0.717) is 24.6 Å². The summed E-state index contributed by atoms with van der Waals surface area (Å²) in [5.41, 5.74) is 5.70. The van der Waals surface area contributed by atoms with Gasteiger partial charge in [-0.15, -0.1) is 0 Å². The number of nitrogens with zero attached hydrogens (tertiary/aromatic N) is 5. The number of carbonyl (C=O) groups excluding carboxylic acids is 2. The molecule has 0 spiro atoms. The summed E-state index contributed by atoms with van der Waals surface area (Å²) in [5, 5.41) is 3.11. The third-order valence-electron chi connectivity index (χ3n) is 7.37. The van der Waals surface area contributed by atoms with Crippen LogP contribution in [0.4, 0.5) is 17.3 Å². The minimum Gasteiger partial charge on any atom is -0.371 e. The quantitative estimate of drug-likeness (QED) is 0.559. The number of carbonyl (C=O) groups is 2. The molecular weight excluding hydrogens is 452 g/mol. The van der Waals surface area contributed by atoms with Crippen molar-refractivity contribution in [3.63, 3.8) is 0 Å². The van der Waals surface area contributed by atoms with Crippen LogP contribution in [0, 0.1) is 6.92 Å². The maximum atomic E-state index is 13.3. The number of fused-ring (bicyclic) bond motifs is 3. The Bertz CT molecular complexity index is 1330. The standard InChI is InChI=1S/C28H34N6O2/c1-5-24(35)33-14-7-6-11-21(18-33)34-25-22(12-13-23-26(25)32(4)16-15-31(23)3)29-28(34)30-27(36)20-10-8-9-19(2)17-20/h5,8-10,12-13,17,21H,1,6-7,11,14-16,18H2,2-4H3,(H,29,30,36)/t21-/m1/s1. The Balaban J connectivity index is 1.66. The maximum Gasteiger partial charge on any atom is 0.257 e. The first-order valence-corrected chi connectivity index (χ1v) is 12.6. The summed E-state index contributed by atoms with van der Waals surface area (Å²) in [7, 11) is 4.21. The topological polar surface area (TPSA) is 73.7 Å². The Morgan fingerprint density at radius 3 is 2.67 bits per heavy atom. The number of aryl methyl sites for hydroxylation is 1. The number of benzene rings is 2. The first kappa shape index (κ1) is 23.9. The number of hydrogen-bond acceptors (Lipinski definition) is 5. The van der Waals surface area contributed by atoms with Crippen LogP contribution in [0.1, 0.15) is 41.2 Å². The van der Waals surface area contributed by atoms with Gasteiger partial charge in [0.1, 0.15) is 0 Å². The average molecular weight is 487 g/mol. The van der Waals surface area contributed by atoms with Crippen molar-refractivity contribution in [3.05, 3.63) is 60.2 Å². The first-order valence-electron chi connectivity index (χ1n) is 12.6. The number of aromatic nitrogens is 2. The zero-order valence-electron chi connectivity index (χ0n) is 21.3. The molecule has 8 nitrogen and oxygen atoms in total. The molecule has 2 aromatic carbocycles. The van der Waals surface area contributed by atoms with Gasteiger partial charge in [0.05, 0.1) is 28.5 Å². The smallest absolute Gasteiger partial charge is 0.257 e. The van der Waals surface area contributed by atoms with Crippen molar-refractivity contribution < 1.29 is 9.59 Å². The molecule has 1 saturated heterocycles. The van der Waals surface area contributed by atoms with E-state index in [1.54, 1.807) is 0 Å². The number of likely N-dealkylation sites (N-methyl/N-ethyl adjacent to an activating group) is 2. The van der Waals surface area contributed by atoms with Crippen LogP contribution in [0.15, 0.2) is 49.1 Å². The molecule has 1 fully saturated rings. The van der Waals surface area contributed by atoms with Crippen molar-refractivity contribution in [1.82, 2.24) is 14.5 Å². The molecule has 2 amide bonds. The lowest BCUT2D eigenvalue weighted by atomic mass is 10.1. The Kier molecular flexibility index (Phi) is 6.43. The Morgan fingerprint density at radius 2 is 1.89 bits per heavy atom. The molecule has 36 heavy (non-hydrogen) atoms. The monoisotopic (exact) mass is 486 g/mol. The van der Waals surface area contributed by atoms with Crippen molar-refractivity contribution in [1.29, 1.82) is 0 Å². The van der Waals surface area contributed by atoms with Crippen LogP contribution in [0.5, 0.6) is 0 Å². The van der Waals surface area contributed by atoms with E-state index in [-0.39, 0.29) is 17.9 Å². The van der Waals surface area contributed by atoms with Crippen LogP contribution >= 0.6 is 0 Å². The van der Waals surface area contributed by atoms with Gasteiger partial charge in [-0.05, 0) is 56.5 Å². The van der Waals surface area contributed by atoms with Gasteiger partial charge in [0.15, 0.2) is 0 Å². The molecule has 0 saturated carbocycles. The van der Waals surface area contributed by atoms with Gasteiger partial charge in [-0.1, -0.05) is 24.3 Å². The van der Waals surface area contributed by atoms with Gasteiger partial charge in [-0.3, -0.25) is 14.9 Å². The summed E-state index contributed by atoms with van der Waals surface area (Å²) in [6, 6.07) is 11.7. The Hall–Kier alpha value is -3.81. The summed E-state index contributed by atoms with van der Waals surface area (Å²) in [4.78, 5) is 37.2. The van der Waals surface area contributed by atoms with Crippen LogP contribution in [-0.2, 0) is 4.79 Å². The van der Waals surface area contributed by atoms with E-state index in [0.717, 1.165) is 60.3 Å². The number of nitrogens with one attached hydrogen (secondary N) is 1. The molecule has 3 aromatic rings. The highest BCUT2D eigenvalue weighted by molar-refractivity contribution is 6.06. The Morgan fingerprint density at radius 1 is 1.08 bits per heavy atom. The van der Waals surface area contributed by atoms with E-state index < -0.39 is 0 Å². The molecule has 5 rings (SSSR count). The van der Waals surface area contributed by atoms with Crippen LogP contribution in [0.25, 0.3) is 11.0 Å². The minimum absolute atomic E-state index is 0.0265. The van der Waals surface area contributed by atoms with Gasteiger partial charge >= 0.3 is 0 Å². The predicted octanol–water partition coefficient (Wildman–Crippen LogP) is 4.22. The van der Waals surface area contributed by atoms with Gasteiger partial charge in [0, 0.05) is 45.8 Å². The average Bonchev–Trinajstić information content (AvgIpc) is 3.05. The maximum absolute atomic E-state index is 13.3. The highest BCUT2D eigenvalue weighted by Gasteiger charge is 2.30. The lowest BCUT2D eigenvalue weighted by molar-refractivity contribution is -0.126. The second kappa shape index (κ2) is 9.68. The molecule has 0 aliphatic carbocycles. The Labute approximate surface area is 212 Å². The normalized spacial score (nSPS) is 18.1. The zero-order chi connectivity index (χ0) is 25.4. The third kappa shape index (κ3) is 4.32. The van der Waals surface area contributed by atoms with Crippen molar-refractivity contribution in [3.8, 4) is 0 Å². The summed E-state index contributed by atoms with van der Waals surface area (Å²) in [5.74, 6) is 0.266.